The second kappa shape index (κ2) is 10.4. The summed E-state index contributed by atoms with van der Waals surface area (Å²) < 4.78 is 1.78. The minimum absolute atomic E-state index is 0.00367. The van der Waals surface area contributed by atoms with Crippen molar-refractivity contribution in [3.63, 3.8) is 0 Å². The van der Waals surface area contributed by atoms with Gasteiger partial charge in [0, 0.05) is 51.7 Å². The average Bonchev–Trinajstić information content (AvgIpc) is 3.19. The highest BCUT2D eigenvalue weighted by Gasteiger charge is 2.26. The van der Waals surface area contributed by atoms with E-state index in [-0.39, 0.29) is 17.2 Å². The fourth-order valence-electron chi connectivity index (χ4n) is 3.82. The standard InChI is InChI=1S/C24H32N4O3/c1-17(2)9-11-28-15-20(23(30)25-3)22(29)21(16-28)24(31)26-19-10-12-27(14-19)13-18-7-5-4-6-8-18/h4-8,15-17,19H,9-14H2,1-3H3,(H,25,30)(H,26,31)/t19-/m0/s1. The normalized spacial score (nSPS) is 16.5. The predicted octanol–water partition coefficient (Wildman–Crippen LogP) is 2.26. The van der Waals surface area contributed by atoms with Gasteiger partial charge in [-0.1, -0.05) is 44.2 Å². The first-order valence-corrected chi connectivity index (χ1v) is 10.9. The summed E-state index contributed by atoms with van der Waals surface area (Å²) in [5, 5.41) is 5.49. The van der Waals surface area contributed by atoms with Crippen molar-refractivity contribution in [2.45, 2.75) is 45.8 Å². The van der Waals surface area contributed by atoms with Crippen LogP contribution in [-0.4, -0.2) is 47.5 Å². The predicted molar refractivity (Wildman–Crippen MR) is 121 cm³/mol. The maximum Gasteiger partial charge on any atom is 0.257 e. The van der Waals surface area contributed by atoms with Crippen molar-refractivity contribution in [2.75, 3.05) is 20.1 Å². The van der Waals surface area contributed by atoms with E-state index in [2.05, 4.69) is 41.5 Å². The highest BCUT2D eigenvalue weighted by atomic mass is 16.2. The fraction of sp³-hybridized carbons (Fsp3) is 0.458. The van der Waals surface area contributed by atoms with E-state index in [9.17, 15) is 14.4 Å². The van der Waals surface area contributed by atoms with Crippen LogP contribution in [0.25, 0.3) is 0 Å². The molecule has 166 valence electrons. The third-order valence-electron chi connectivity index (χ3n) is 5.62. The second-order valence-electron chi connectivity index (χ2n) is 8.59. The van der Waals surface area contributed by atoms with Crippen LogP contribution >= 0.6 is 0 Å². The number of pyridine rings is 1. The van der Waals surface area contributed by atoms with Crippen molar-refractivity contribution >= 4 is 11.8 Å². The van der Waals surface area contributed by atoms with Gasteiger partial charge in [0.2, 0.25) is 5.43 Å². The number of rotatable bonds is 8. The summed E-state index contributed by atoms with van der Waals surface area (Å²) in [5.74, 6) is -0.428. The Morgan fingerprint density at radius 1 is 1.10 bits per heavy atom. The number of hydrogen-bond donors (Lipinski definition) is 2. The van der Waals surface area contributed by atoms with E-state index in [0.717, 1.165) is 32.5 Å². The molecule has 2 N–H and O–H groups in total. The van der Waals surface area contributed by atoms with E-state index < -0.39 is 17.2 Å². The Labute approximate surface area is 183 Å². The summed E-state index contributed by atoms with van der Waals surface area (Å²) in [6, 6.07) is 10.2. The molecular weight excluding hydrogens is 392 g/mol. The van der Waals surface area contributed by atoms with Crippen molar-refractivity contribution in [1.82, 2.24) is 20.1 Å². The van der Waals surface area contributed by atoms with E-state index in [0.29, 0.717) is 12.5 Å². The fourth-order valence-corrected chi connectivity index (χ4v) is 3.82. The first kappa shape index (κ1) is 22.7. The molecule has 0 bridgehead atoms. The van der Waals surface area contributed by atoms with Crippen LogP contribution in [0.5, 0.6) is 0 Å². The van der Waals surface area contributed by atoms with Crippen LogP contribution in [-0.2, 0) is 13.1 Å². The number of hydrogen-bond acceptors (Lipinski definition) is 4. The maximum atomic E-state index is 13.0. The van der Waals surface area contributed by atoms with Crippen LogP contribution in [0.15, 0.2) is 47.5 Å². The molecule has 1 aromatic heterocycles. The molecule has 2 aromatic rings. The largest absolute Gasteiger partial charge is 0.355 e. The molecular formula is C24H32N4O3. The Kier molecular flexibility index (Phi) is 7.63. The van der Waals surface area contributed by atoms with Crippen LogP contribution < -0.4 is 16.1 Å². The van der Waals surface area contributed by atoms with Crippen molar-refractivity contribution in [3.8, 4) is 0 Å². The molecule has 0 radical (unpaired) electrons. The molecule has 1 fully saturated rings. The van der Waals surface area contributed by atoms with Gasteiger partial charge in [-0.15, -0.1) is 0 Å². The number of aryl methyl sites for hydroxylation is 1. The Balaban J connectivity index is 1.72. The second-order valence-corrected chi connectivity index (χ2v) is 8.59. The Bertz CT molecular complexity index is 969. The van der Waals surface area contributed by atoms with Crippen molar-refractivity contribution in [2.24, 2.45) is 5.92 Å². The van der Waals surface area contributed by atoms with Crippen molar-refractivity contribution in [3.05, 3.63) is 69.6 Å². The number of aromatic nitrogens is 1. The zero-order valence-corrected chi connectivity index (χ0v) is 18.6. The third kappa shape index (κ3) is 6.04. The van der Waals surface area contributed by atoms with Crippen LogP contribution in [0.3, 0.4) is 0 Å². The van der Waals surface area contributed by atoms with Crippen molar-refractivity contribution in [1.29, 1.82) is 0 Å². The van der Waals surface area contributed by atoms with Gasteiger partial charge in [-0.2, -0.15) is 0 Å². The van der Waals surface area contributed by atoms with E-state index in [1.165, 1.54) is 18.8 Å². The lowest BCUT2D eigenvalue weighted by molar-refractivity contribution is 0.0935. The molecule has 3 rings (SSSR count). The monoisotopic (exact) mass is 424 g/mol. The summed E-state index contributed by atoms with van der Waals surface area (Å²) in [5.41, 5.74) is 0.722. The number of benzene rings is 1. The van der Waals surface area contributed by atoms with Gasteiger partial charge in [0.15, 0.2) is 0 Å². The lowest BCUT2D eigenvalue weighted by atomic mass is 10.1. The van der Waals surface area contributed by atoms with Gasteiger partial charge in [-0.05, 0) is 24.3 Å². The Hall–Kier alpha value is -2.93. The summed E-state index contributed by atoms with van der Waals surface area (Å²) in [4.78, 5) is 40.3. The summed E-state index contributed by atoms with van der Waals surface area (Å²) in [6.07, 6.45) is 4.82. The van der Waals surface area contributed by atoms with E-state index >= 15 is 0 Å². The van der Waals surface area contributed by atoms with Crippen LogP contribution in [0.4, 0.5) is 0 Å². The summed E-state index contributed by atoms with van der Waals surface area (Å²) in [6.45, 7) is 7.31. The lowest BCUT2D eigenvalue weighted by Crippen LogP contribution is -2.40. The van der Waals surface area contributed by atoms with E-state index in [1.807, 2.05) is 18.2 Å². The first-order valence-electron chi connectivity index (χ1n) is 10.9. The molecule has 0 unspecified atom stereocenters. The van der Waals surface area contributed by atoms with Gasteiger partial charge in [0.25, 0.3) is 11.8 Å². The zero-order valence-electron chi connectivity index (χ0n) is 18.6. The van der Waals surface area contributed by atoms with Crippen LogP contribution in [0.1, 0.15) is 53.0 Å². The molecule has 7 heteroatoms. The number of likely N-dealkylation sites (tertiary alicyclic amines) is 1. The van der Waals surface area contributed by atoms with Gasteiger partial charge < -0.3 is 15.2 Å². The van der Waals surface area contributed by atoms with Gasteiger partial charge in [-0.3, -0.25) is 19.3 Å². The van der Waals surface area contributed by atoms with E-state index in [4.69, 9.17) is 0 Å². The molecule has 0 aliphatic carbocycles. The van der Waals surface area contributed by atoms with Crippen LogP contribution in [0.2, 0.25) is 0 Å². The topological polar surface area (TPSA) is 83.4 Å². The molecule has 2 amide bonds. The van der Waals surface area contributed by atoms with E-state index in [1.54, 1.807) is 10.8 Å². The minimum atomic E-state index is -0.531. The molecule has 31 heavy (non-hydrogen) atoms. The summed E-state index contributed by atoms with van der Waals surface area (Å²) in [7, 11) is 1.48. The first-order chi connectivity index (χ1) is 14.9. The van der Waals surface area contributed by atoms with Crippen LogP contribution in [0, 0.1) is 5.92 Å². The molecule has 1 aliphatic heterocycles. The van der Waals surface area contributed by atoms with Gasteiger partial charge in [-0.25, -0.2) is 0 Å². The number of nitrogens with one attached hydrogen (secondary N) is 2. The zero-order chi connectivity index (χ0) is 22.4. The smallest absolute Gasteiger partial charge is 0.257 e. The number of carbonyl (C=O) groups excluding carboxylic acids is 2. The number of nitrogens with zero attached hydrogens (tertiary/aromatic N) is 2. The molecule has 1 atom stereocenters. The molecule has 0 saturated carbocycles. The van der Waals surface area contributed by atoms with Gasteiger partial charge in [0.1, 0.15) is 11.1 Å². The third-order valence-corrected chi connectivity index (χ3v) is 5.62. The average molecular weight is 425 g/mol. The van der Waals surface area contributed by atoms with Crippen molar-refractivity contribution < 1.29 is 9.59 Å². The highest BCUT2D eigenvalue weighted by Crippen LogP contribution is 2.14. The van der Waals surface area contributed by atoms with Gasteiger partial charge >= 0.3 is 0 Å². The number of amides is 2. The lowest BCUT2D eigenvalue weighted by Gasteiger charge is -2.17. The van der Waals surface area contributed by atoms with Gasteiger partial charge in [0.05, 0.1) is 0 Å². The molecule has 1 aliphatic rings. The molecule has 7 nitrogen and oxygen atoms in total. The molecule has 0 spiro atoms. The Morgan fingerprint density at radius 3 is 2.42 bits per heavy atom. The summed E-state index contributed by atoms with van der Waals surface area (Å²) >= 11 is 0. The minimum Gasteiger partial charge on any atom is -0.355 e. The maximum absolute atomic E-state index is 13.0. The molecule has 2 heterocycles. The molecule has 1 saturated heterocycles. The quantitative estimate of drug-likeness (QED) is 0.681. The molecule has 1 aromatic carbocycles. The highest BCUT2D eigenvalue weighted by molar-refractivity contribution is 5.99. The SMILES string of the molecule is CNC(=O)c1cn(CCC(C)C)cc(C(=O)N[C@H]2CCN(Cc3ccccc3)C2)c1=O. The Morgan fingerprint density at radius 2 is 1.77 bits per heavy atom. The number of carbonyl (C=O) groups is 2.